The molecule has 1 saturated heterocycles. The number of rotatable bonds is 5. The Balaban J connectivity index is 2.04. The molecule has 0 aromatic carbocycles. The molecule has 1 fully saturated rings. The van der Waals surface area contributed by atoms with Crippen molar-refractivity contribution in [2.45, 2.75) is 32.2 Å². The van der Waals surface area contributed by atoms with Crippen molar-refractivity contribution in [3.8, 4) is 0 Å². The summed E-state index contributed by atoms with van der Waals surface area (Å²) >= 11 is 1.54. The Kier molecular flexibility index (Phi) is 4.82. The van der Waals surface area contributed by atoms with Gasteiger partial charge in [-0.25, -0.2) is 8.42 Å². The van der Waals surface area contributed by atoms with Gasteiger partial charge in [-0.1, -0.05) is 6.07 Å². The van der Waals surface area contributed by atoms with Gasteiger partial charge >= 0.3 is 5.97 Å². The van der Waals surface area contributed by atoms with Gasteiger partial charge in [0.15, 0.2) is 0 Å². The van der Waals surface area contributed by atoms with Crippen LogP contribution in [0.25, 0.3) is 0 Å². The molecule has 0 saturated carbocycles. The topological polar surface area (TPSA) is 74.7 Å². The van der Waals surface area contributed by atoms with Crippen molar-refractivity contribution in [1.82, 2.24) is 4.31 Å². The third-order valence-corrected chi connectivity index (χ3v) is 6.60. The fourth-order valence-electron chi connectivity index (χ4n) is 2.47. The van der Waals surface area contributed by atoms with Crippen LogP contribution in [0, 0.1) is 5.92 Å². The lowest BCUT2D eigenvalue weighted by Gasteiger charge is -2.35. The van der Waals surface area contributed by atoms with Gasteiger partial charge in [0.05, 0.1) is 11.7 Å². The zero-order chi connectivity index (χ0) is 14.8. The number of thiophene rings is 1. The first-order valence-electron chi connectivity index (χ1n) is 6.65. The minimum absolute atomic E-state index is 0.0458. The quantitative estimate of drug-likeness (QED) is 0.898. The summed E-state index contributed by atoms with van der Waals surface area (Å²) in [6, 6.07) is 3.70. The number of aliphatic carboxylic acids is 1. The van der Waals surface area contributed by atoms with E-state index in [1.807, 2.05) is 24.4 Å². The first-order valence-corrected chi connectivity index (χ1v) is 9.14. The molecule has 1 N–H and O–H groups in total. The summed E-state index contributed by atoms with van der Waals surface area (Å²) in [6.07, 6.45) is 1.64. The molecule has 2 rings (SSSR count). The Hall–Kier alpha value is -0.920. The van der Waals surface area contributed by atoms with Crippen molar-refractivity contribution in [1.29, 1.82) is 0 Å². The summed E-state index contributed by atoms with van der Waals surface area (Å²) in [5, 5.41) is 11.0. The number of hydrogen-bond donors (Lipinski definition) is 1. The molecule has 2 unspecified atom stereocenters. The molecule has 5 nitrogen and oxygen atoms in total. The van der Waals surface area contributed by atoms with Gasteiger partial charge in [-0.2, -0.15) is 4.31 Å². The molecule has 2 heterocycles. The summed E-state index contributed by atoms with van der Waals surface area (Å²) in [5.74, 6) is -1.44. The van der Waals surface area contributed by atoms with E-state index in [1.165, 1.54) is 15.6 Å². The van der Waals surface area contributed by atoms with Crippen LogP contribution in [-0.4, -0.2) is 42.1 Å². The number of sulfonamides is 1. The molecular weight excluding hydrogens is 298 g/mol. The number of hydrogen-bond acceptors (Lipinski definition) is 4. The summed E-state index contributed by atoms with van der Waals surface area (Å²) < 4.78 is 26.2. The molecule has 1 aromatic rings. The lowest BCUT2D eigenvalue weighted by molar-refractivity contribution is -0.143. The largest absolute Gasteiger partial charge is 0.481 e. The molecular formula is C13H19NO4S2. The van der Waals surface area contributed by atoms with E-state index < -0.39 is 21.9 Å². The molecule has 1 aliphatic rings. The predicted molar refractivity (Wildman–Crippen MR) is 78.3 cm³/mol. The number of carbonyl (C=O) groups is 1. The molecule has 1 aromatic heterocycles. The first kappa shape index (κ1) is 15.5. The van der Waals surface area contributed by atoms with Crippen LogP contribution in [-0.2, 0) is 21.2 Å². The number of aryl methyl sites for hydroxylation is 1. The van der Waals surface area contributed by atoms with Crippen molar-refractivity contribution < 1.29 is 18.3 Å². The summed E-state index contributed by atoms with van der Waals surface area (Å²) in [5.41, 5.74) is 0. The lowest BCUT2D eigenvalue weighted by Crippen LogP contribution is -2.48. The fourth-order valence-corrected chi connectivity index (χ4v) is 5.08. The average molecular weight is 317 g/mol. The third kappa shape index (κ3) is 3.59. The van der Waals surface area contributed by atoms with Crippen LogP contribution >= 0.6 is 11.3 Å². The second-order valence-electron chi connectivity index (χ2n) is 5.18. The minimum Gasteiger partial charge on any atom is -0.481 e. The number of piperidine rings is 1. The molecule has 0 radical (unpaired) electrons. The monoisotopic (exact) mass is 317 g/mol. The van der Waals surface area contributed by atoms with Crippen LogP contribution in [0.15, 0.2) is 17.5 Å². The summed E-state index contributed by atoms with van der Waals surface area (Å²) in [7, 11) is -3.40. The van der Waals surface area contributed by atoms with E-state index in [2.05, 4.69) is 0 Å². The number of carboxylic acids is 1. The normalized spacial score (nSPS) is 24.6. The lowest BCUT2D eigenvalue weighted by atomic mass is 9.96. The molecule has 112 valence electrons. The molecule has 1 aliphatic heterocycles. The van der Waals surface area contributed by atoms with Gasteiger partial charge < -0.3 is 5.11 Å². The maximum absolute atomic E-state index is 12.4. The van der Waals surface area contributed by atoms with Crippen molar-refractivity contribution in [2.24, 2.45) is 5.92 Å². The maximum Gasteiger partial charge on any atom is 0.307 e. The average Bonchev–Trinajstić information content (AvgIpc) is 2.89. The van der Waals surface area contributed by atoms with Crippen molar-refractivity contribution in [3.63, 3.8) is 0 Å². The van der Waals surface area contributed by atoms with E-state index in [4.69, 9.17) is 5.11 Å². The Morgan fingerprint density at radius 2 is 2.25 bits per heavy atom. The molecule has 20 heavy (non-hydrogen) atoms. The van der Waals surface area contributed by atoms with Crippen LogP contribution in [0.4, 0.5) is 0 Å². The van der Waals surface area contributed by atoms with Gasteiger partial charge in [-0.3, -0.25) is 4.79 Å². The zero-order valence-electron chi connectivity index (χ0n) is 11.4. The minimum atomic E-state index is -3.40. The maximum atomic E-state index is 12.4. The molecule has 2 atom stereocenters. The zero-order valence-corrected chi connectivity index (χ0v) is 13.0. The Morgan fingerprint density at radius 1 is 1.50 bits per heavy atom. The van der Waals surface area contributed by atoms with Crippen LogP contribution in [0.1, 0.15) is 24.6 Å². The summed E-state index contributed by atoms with van der Waals surface area (Å²) in [4.78, 5) is 12.1. The van der Waals surface area contributed by atoms with Crippen LogP contribution < -0.4 is 0 Å². The van der Waals surface area contributed by atoms with Crippen molar-refractivity contribution in [3.05, 3.63) is 22.4 Å². The van der Waals surface area contributed by atoms with E-state index in [-0.39, 0.29) is 18.3 Å². The van der Waals surface area contributed by atoms with E-state index >= 15 is 0 Å². The van der Waals surface area contributed by atoms with Crippen molar-refractivity contribution in [2.75, 3.05) is 12.3 Å². The van der Waals surface area contributed by atoms with Crippen LogP contribution in [0.2, 0.25) is 0 Å². The van der Waals surface area contributed by atoms with E-state index in [0.29, 0.717) is 19.3 Å². The highest BCUT2D eigenvalue weighted by molar-refractivity contribution is 7.89. The Bertz CT molecular complexity index is 553. The first-order chi connectivity index (χ1) is 9.40. The summed E-state index contributed by atoms with van der Waals surface area (Å²) in [6.45, 7) is 1.95. The second kappa shape index (κ2) is 6.24. The highest BCUT2D eigenvalue weighted by Crippen LogP contribution is 2.25. The van der Waals surface area contributed by atoms with Gasteiger partial charge in [-0.15, -0.1) is 11.3 Å². The van der Waals surface area contributed by atoms with Crippen molar-refractivity contribution >= 4 is 27.3 Å². The van der Waals surface area contributed by atoms with E-state index in [1.54, 1.807) is 0 Å². The second-order valence-corrected chi connectivity index (χ2v) is 8.25. The predicted octanol–water partition coefficient (Wildman–Crippen LogP) is 1.81. The molecule has 0 spiro atoms. The highest BCUT2D eigenvalue weighted by atomic mass is 32.2. The highest BCUT2D eigenvalue weighted by Gasteiger charge is 2.36. The SMILES string of the molecule is CC1CCC(C(=O)O)CN1S(=O)(=O)CCc1cccs1. The van der Waals surface area contributed by atoms with E-state index in [9.17, 15) is 13.2 Å². The number of nitrogens with zero attached hydrogens (tertiary/aromatic N) is 1. The smallest absolute Gasteiger partial charge is 0.307 e. The fraction of sp³-hybridized carbons (Fsp3) is 0.615. The molecule has 0 aliphatic carbocycles. The molecule has 0 amide bonds. The van der Waals surface area contributed by atoms with Crippen LogP contribution in [0.3, 0.4) is 0 Å². The van der Waals surface area contributed by atoms with Gasteiger partial charge in [0.2, 0.25) is 10.0 Å². The van der Waals surface area contributed by atoms with E-state index in [0.717, 1.165) is 4.88 Å². The van der Waals surface area contributed by atoms with Gasteiger partial charge in [0.25, 0.3) is 0 Å². The standard InChI is InChI=1S/C13H19NO4S2/c1-10-4-5-11(13(15)16)9-14(10)20(17,18)8-6-12-3-2-7-19-12/h2-3,7,10-11H,4-6,8-9H2,1H3,(H,15,16). The third-order valence-electron chi connectivity index (χ3n) is 3.72. The molecule has 0 bridgehead atoms. The Labute approximate surface area is 123 Å². The number of carboxylic acid groups (broad SMARTS) is 1. The van der Waals surface area contributed by atoms with Gasteiger partial charge in [0, 0.05) is 17.5 Å². The van der Waals surface area contributed by atoms with Gasteiger partial charge in [0.1, 0.15) is 0 Å². The van der Waals surface area contributed by atoms with Crippen LogP contribution in [0.5, 0.6) is 0 Å². The van der Waals surface area contributed by atoms with Gasteiger partial charge in [-0.05, 0) is 37.6 Å². The Morgan fingerprint density at radius 3 is 2.85 bits per heavy atom. The molecule has 7 heteroatoms.